The van der Waals surface area contributed by atoms with Gasteiger partial charge in [-0.25, -0.2) is 0 Å². The third-order valence-electron chi connectivity index (χ3n) is 9.58. The molecular formula is C44H27NS. The molecule has 2 heterocycles. The first-order valence-electron chi connectivity index (χ1n) is 15.8. The van der Waals surface area contributed by atoms with Crippen LogP contribution >= 0.6 is 11.8 Å². The summed E-state index contributed by atoms with van der Waals surface area (Å²) >= 11 is 1.88. The molecule has 10 rings (SSSR count). The molecule has 0 spiro atoms. The molecule has 1 aromatic heterocycles. The molecule has 1 nitrogen and oxygen atoms in total. The van der Waals surface area contributed by atoms with Crippen LogP contribution in [0, 0.1) is 0 Å². The van der Waals surface area contributed by atoms with Crippen molar-refractivity contribution in [1.29, 1.82) is 0 Å². The number of hydrogen-bond acceptors (Lipinski definition) is 1. The molecule has 1 aliphatic rings. The van der Waals surface area contributed by atoms with Crippen LogP contribution in [-0.4, -0.2) is 4.57 Å². The second kappa shape index (κ2) is 9.97. The van der Waals surface area contributed by atoms with Gasteiger partial charge < -0.3 is 4.57 Å². The van der Waals surface area contributed by atoms with Crippen LogP contribution < -0.4 is 0 Å². The Morgan fingerprint density at radius 2 is 1.09 bits per heavy atom. The van der Waals surface area contributed by atoms with Crippen LogP contribution in [-0.2, 0) is 0 Å². The summed E-state index contributed by atoms with van der Waals surface area (Å²) in [7, 11) is 0. The zero-order valence-corrected chi connectivity index (χ0v) is 25.8. The standard InChI is InChI=1S/C44H27NS/c1-2-12-33(13-3-1)45-39-25-23-29-9-4-5-14-34(29)43(39)37-17-8-15-35(44(37)45)30-21-19-28(20-22-30)32-24-26-40-38(27-32)36-16-6-10-31-11-7-18-41(46-40)42(31)36/h1-27H. The summed E-state index contributed by atoms with van der Waals surface area (Å²) in [5.74, 6) is 0. The van der Waals surface area contributed by atoms with Crippen LogP contribution in [0.25, 0.3) is 82.4 Å². The lowest BCUT2D eigenvalue weighted by Crippen LogP contribution is -1.95. The minimum absolute atomic E-state index is 1.17. The fraction of sp³-hybridized carbons (Fsp3) is 0. The maximum Gasteiger partial charge on any atom is 0.0619 e. The molecule has 9 aromatic rings. The molecule has 0 N–H and O–H groups in total. The van der Waals surface area contributed by atoms with E-state index in [1.807, 2.05) is 11.8 Å². The van der Waals surface area contributed by atoms with Gasteiger partial charge in [-0.1, -0.05) is 139 Å². The number of benzene rings is 8. The highest BCUT2D eigenvalue weighted by molar-refractivity contribution is 7.99. The number of para-hydroxylation sites is 2. The van der Waals surface area contributed by atoms with Crippen LogP contribution in [0.2, 0.25) is 0 Å². The molecule has 0 unspecified atom stereocenters. The van der Waals surface area contributed by atoms with E-state index in [0.717, 1.165) is 0 Å². The summed E-state index contributed by atoms with van der Waals surface area (Å²) < 4.78 is 2.44. The maximum atomic E-state index is 2.44. The summed E-state index contributed by atoms with van der Waals surface area (Å²) in [5.41, 5.74) is 11.2. The Morgan fingerprint density at radius 1 is 0.391 bits per heavy atom. The third-order valence-corrected chi connectivity index (χ3v) is 10.7. The van der Waals surface area contributed by atoms with E-state index in [-0.39, 0.29) is 0 Å². The Bertz CT molecular complexity index is 2640. The number of fused-ring (bicyclic) bond motifs is 7. The van der Waals surface area contributed by atoms with Gasteiger partial charge in [-0.2, -0.15) is 0 Å². The first kappa shape index (κ1) is 25.7. The lowest BCUT2D eigenvalue weighted by Gasteiger charge is -2.21. The van der Waals surface area contributed by atoms with E-state index in [4.69, 9.17) is 0 Å². The highest BCUT2D eigenvalue weighted by atomic mass is 32.2. The molecule has 46 heavy (non-hydrogen) atoms. The predicted octanol–water partition coefficient (Wildman–Crippen LogP) is 12.6. The van der Waals surface area contributed by atoms with Gasteiger partial charge in [0.05, 0.1) is 11.0 Å². The quantitative estimate of drug-likeness (QED) is 0.195. The smallest absolute Gasteiger partial charge is 0.0619 e. The zero-order valence-electron chi connectivity index (χ0n) is 24.9. The second-order valence-electron chi connectivity index (χ2n) is 12.1. The van der Waals surface area contributed by atoms with Crippen molar-refractivity contribution >= 4 is 55.1 Å². The Morgan fingerprint density at radius 3 is 1.98 bits per heavy atom. The van der Waals surface area contributed by atoms with E-state index in [2.05, 4.69) is 168 Å². The molecule has 0 atom stereocenters. The van der Waals surface area contributed by atoms with Gasteiger partial charge in [-0.3, -0.25) is 0 Å². The van der Waals surface area contributed by atoms with Crippen molar-refractivity contribution in [3.05, 3.63) is 164 Å². The van der Waals surface area contributed by atoms with Gasteiger partial charge >= 0.3 is 0 Å². The Balaban J connectivity index is 1.14. The van der Waals surface area contributed by atoms with Crippen molar-refractivity contribution in [3.8, 4) is 39.1 Å². The average Bonchev–Trinajstić information content (AvgIpc) is 3.47. The van der Waals surface area contributed by atoms with E-state index < -0.39 is 0 Å². The van der Waals surface area contributed by atoms with Crippen molar-refractivity contribution < 1.29 is 0 Å². The van der Waals surface area contributed by atoms with Gasteiger partial charge in [-0.15, -0.1) is 0 Å². The summed E-state index contributed by atoms with van der Waals surface area (Å²) in [6.07, 6.45) is 0. The third kappa shape index (κ3) is 3.77. The number of nitrogens with zero attached hydrogens (tertiary/aromatic N) is 1. The minimum Gasteiger partial charge on any atom is -0.309 e. The molecule has 1 aliphatic heterocycles. The molecule has 0 fully saturated rings. The fourth-order valence-corrected chi connectivity index (χ4v) is 8.63. The molecule has 2 heteroatoms. The zero-order chi connectivity index (χ0) is 30.2. The molecule has 0 saturated carbocycles. The van der Waals surface area contributed by atoms with E-state index in [9.17, 15) is 0 Å². The summed E-state index contributed by atoms with van der Waals surface area (Å²) in [5, 5.41) is 7.80. The summed E-state index contributed by atoms with van der Waals surface area (Å²) in [4.78, 5) is 2.66. The van der Waals surface area contributed by atoms with Crippen LogP contribution in [0.1, 0.15) is 0 Å². The largest absolute Gasteiger partial charge is 0.309 e. The van der Waals surface area contributed by atoms with E-state index in [1.54, 1.807) is 0 Å². The molecular weight excluding hydrogens is 575 g/mol. The van der Waals surface area contributed by atoms with Gasteiger partial charge in [-0.05, 0) is 80.4 Å². The molecule has 8 aromatic carbocycles. The first-order valence-corrected chi connectivity index (χ1v) is 16.6. The molecule has 0 bridgehead atoms. The monoisotopic (exact) mass is 601 g/mol. The van der Waals surface area contributed by atoms with Crippen LogP contribution in [0.3, 0.4) is 0 Å². The molecule has 0 saturated heterocycles. The normalized spacial score (nSPS) is 12.3. The van der Waals surface area contributed by atoms with E-state index >= 15 is 0 Å². The minimum atomic E-state index is 1.17. The van der Waals surface area contributed by atoms with Crippen LogP contribution in [0.4, 0.5) is 0 Å². The Hall–Kier alpha value is -5.57. The highest BCUT2D eigenvalue weighted by Gasteiger charge is 2.20. The molecule has 0 aliphatic carbocycles. The van der Waals surface area contributed by atoms with Crippen molar-refractivity contribution in [2.45, 2.75) is 9.79 Å². The van der Waals surface area contributed by atoms with Gasteiger partial charge in [0, 0.05) is 37.2 Å². The lowest BCUT2D eigenvalue weighted by atomic mass is 9.93. The van der Waals surface area contributed by atoms with Crippen molar-refractivity contribution in [1.82, 2.24) is 4.57 Å². The van der Waals surface area contributed by atoms with E-state index in [0.29, 0.717) is 0 Å². The van der Waals surface area contributed by atoms with Crippen LogP contribution in [0.15, 0.2) is 174 Å². The summed E-state index contributed by atoms with van der Waals surface area (Å²) in [6.45, 7) is 0. The van der Waals surface area contributed by atoms with Crippen LogP contribution in [0.5, 0.6) is 0 Å². The van der Waals surface area contributed by atoms with Gasteiger partial charge in [0.2, 0.25) is 0 Å². The Labute approximate surface area is 271 Å². The molecule has 0 amide bonds. The highest BCUT2D eigenvalue weighted by Crippen LogP contribution is 2.49. The number of rotatable bonds is 3. The fourth-order valence-electron chi connectivity index (χ4n) is 7.50. The van der Waals surface area contributed by atoms with Gasteiger partial charge in [0.1, 0.15) is 0 Å². The molecule has 0 radical (unpaired) electrons. The number of hydrogen-bond donors (Lipinski definition) is 0. The number of aromatic nitrogens is 1. The molecule has 214 valence electrons. The van der Waals surface area contributed by atoms with Crippen molar-refractivity contribution in [3.63, 3.8) is 0 Å². The first-order chi connectivity index (χ1) is 22.8. The lowest BCUT2D eigenvalue weighted by molar-refractivity contribution is 1.18. The van der Waals surface area contributed by atoms with Crippen molar-refractivity contribution in [2.75, 3.05) is 0 Å². The maximum absolute atomic E-state index is 2.44. The second-order valence-corrected chi connectivity index (χ2v) is 13.2. The SMILES string of the molecule is c1ccc(-n2c3ccc4ccccc4c3c3cccc(-c4ccc(-c5ccc6c(c5)-c5cccc7cccc(c57)S6)cc4)c32)cc1. The predicted molar refractivity (Wildman–Crippen MR) is 196 cm³/mol. The average molecular weight is 602 g/mol. The van der Waals surface area contributed by atoms with E-state index in [1.165, 1.54) is 92.2 Å². The summed E-state index contributed by atoms with van der Waals surface area (Å²) in [6, 6.07) is 60.2. The van der Waals surface area contributed by atoms with Gasteiger partial charge in [0.15, 0.2) is 0 Å². The van der Waals surface area contributed by atoms with Gasteiger partial charge in [0.25, 0.3) is 0 Å². The topological polar surface area (TPSA) is 4.93 Å². The Kier molecular flexibility index (Phi) is 5.58. The van der Waals surface area contributed by atoms with Crippen molar-refractivity contribution in [2.24, 2.45) is 0 Å².